The van der Waals surface area contributed by atoms with E-state index in [-0.39, 0.29) is 13.2 Å². The van der Waals surface area contributed by atoms with Gasteiger partial charge in [0.05, 0.1) is 6.42 Å². The fourth-order valence-electron chi connectivity index (χ4n) is 1.51. The predicted octanol–water partition coefficient (Wildman–Crippen LogP) is 0.655. The van der Waals surface area contributed by atoms with Crippen molar-refractivity contribution in [2.24, 2.45) is 0 Å². The van der Waals surface area contributed by atoms with Crippen LogP contribution in [0.2, 0.25) is 0 Å². The number of hydrogen-bond acceptors (Lipinski definition) is 4. The zero-order valence-electron chi connectivity index (χ0n) is 9.54. The van der Waals surface area contributed by atoms with Gasteiger partial charge in [-0.05, 0) is 5.56 Å². The highest BCUT2D eigenvalue weighted by molar-refractivity contribution is 6.12. The maximum Gasteiger partial charge on any atom is 0.311 e. The van der Waals surface area contributed by atoms with Crippen molar-refractivity contribution in [3.05, 3.63) is 48.0 Å². The quantitative estimate of drug-likeness (QED) is 0.577. The van der Waals surface area contributed by atoms with Crippen LogP contribution < -0.4 is 0 Å². The zero-order chi connectivity index (χ0) is 13.0. The first-order valence-electron chi connectivity index (χ1n) is 5.40. The van der Waals surface area contributed by atoms with E-state index in [4.69, 9.17) is 4.74 Å². The van der Waals surface area contributed by atoms with E-state index in [1.807, 2.05) is 18.2 Å². The third kappa shape index (κ3) is 2.82. The van der Waals surface area contributed by atoms with Crippen LogP contribution in [0.25, 0.3) is 0 Å². The summed E-state index contributed by atoms with van der Waals surface area (Å²) in [6.45, 7) is -0.337. The van der Waals surface area contributed by atoms with Crippen molar-refractivity contribution in [3.63, 3.8) is 0 Å². The molecule has 0 saturated carbocycles. The monoisotopic (exact) mass is 245 g/mol. The Labute approximate surface area is 104 Å². The number of amides is 2. The van der Waals surface area contributed by atoms with Crippen LogP contribution in [0.4, 0.5) is 0 Å². The summed E-state index contributed by atoms with van der Waals surface area (Å²) in [5.41, 5.74) is 0.819. The summed E-state index contributed by atoms with van der Waals surface area (Å²) in [6, 6.07) is 9.09. The van der Waals surface area contributed by atoms with E-state index < -0.39 is 17.8 Å². The Morgan fingerprint density at radius 3 is 2.28 bits per heavy atom. The minimum absolute atomic E-state index is 0.116. The Balaban J connectivity index is 1.82. The van der Waals surface area contributed by atoms with Crippen LogP contribution in [0.15, 0.2) is 42.5 Å². The number of rotatable bonds is 4. The standard InChI is InChI=1S/C13H11NO4/c15-11-6-7-12(16)14(11)9-18-13(17)8-10-4-2-1-3-5-10/h1-7H,8-9H2. The lowest BCUT2D eigenvalue weighted by Gasteiger charge is -2.13. The lowest BCUT2D eigenvalue weighted by molar-refractivity contribution is -0.154. The lowest BCUT2D eigenvalue weighted by Crippen LogP contribution is -2.33. The van der Waals surface area contributed by atoms with Crippen LogP contribution in [0.5, 0.6) is 0 Å². The molecule has 0 aromatic heterocycles. The van der Waals surface area contributed by atoms with E-state index in [0.717, 1.165) is 22.6 Å². The minimum atomic E-state index is -0.478. The molecule has 0 atom stereocenters. The van der Waals surface area contributed by atoms with Crippen molar-refractivity contribution in [1.29, 1.82) is 0 Å². The molecule has 0 spiro atoms. The second kappa shape index (κ2) is 5.27. The summed E-state index contributed by atoms with van der Waals surface area (Å²) in [4.78, 5) is 34.7. The van der Waals surface area contributed by atoms with Crippen molar-refractivity contribution in [1.82, 2.24) is 4.90 Å². The molecule has 5 nitrogen and oxygen atoms in total. The highest BCUT2D eigenvalue weighted by Gasteiger charge is 2.24. The van der Waals surface area contributed by atoms with Crippen LogP contribution in [0.3, 0.4) is 0 Å². The Hall–Kier alpha value is -2.43. The molecular formula is C13H11NO4. The molecule has 1 aromatic carbocycles. The highest BCUT2D eigenvalue weighted by Crippen LogP contribution is 2.05. The topological polar surface area (TPSA) is 63.7 Å². The second-order valence-corrected chi connectivity index (χ2v) is 3.75. The number of ether oxygens (including phenoxy) is 1. The molecular weight excluding hydrogens is 234 g/mol. The van der Waals surface area contributed by atoms with Gasteiger partial charge in [-0.15, -0.1) is 0 Å². The number of carbonyl (C=O) groups is 3. The normalized spacial score (nSPS) is 14.1. The highest BCUT2D eigenvalue weighted by atomic mass is 16.5. The van der Waals surface area contributed by atoms with Gasteiger partial charge in [-0.3, -0.25) is 14.4 Å². The zero-order valence-corrected chi connectivity index (χ0v) is 9.54. The maximum absolute atomic E-state index is 11.5. The molecule has 1 aliphatic rings. The summed E-state index contributed by atoms with van der Waals surface area (Å²) in [6.07, 6.45) is 2.41. The van der Waals surface area contributed by atoms with Crippen LogP contribution in [0, 0.1) is 0 Å². The Morgan fingerprint density at radius 2 is 1.67 bits per heavy atom. The van der Waals surface area contributed by atoms with Gasteiger partial charge in [0.15, 0.2) is 6.73 Å². The Bertz CT molecular complexity index is 489. The van der Waals surface area contributed by atoms with E-state index in [2.05, 4.69) is 0 Å². The van der Waals surface area contributed by atoms with Gasteiger partial charge >= 0.3 is 5.97 Å². The van der Waals surface area contributed by atoms with Crippen molar-refractivity contribution in [3.8, 4) is 0 Å². The molecule has 1 aromatic rings. The van der Waals surface area contributed by atoms with Crippen molar-refractivity contribution >= 4 is 17.8 Å². The number of esters is 1. The van der Waals surface area contributed by atoms with Gasteiger partial charge in [-0.2, -0.15) is 0 Å². The molecule has 5 heteroatoms. The molecule has 0 N–H and O–H groups in total. The van der Waals surface area contributed by atoms with Crippen LogP contribution in [-0.4, -0.2) is 29.4 Å². The molecule has 92 valence electrons. The fraction of sp³-hybridized carbons (Fsp3) is 0.154. The molecule has 0 fully saturated rings. The van der Waals surface area contributed by atoms with E-state index in [0.29, 0.717) is 0 Å². The summed E-state index contributed by atoms with van der Waals surface area (Å²) in [7, 11) is 0. The lowest BCUT2D eigenvalue weighted by atomic mass is 10.2. The van der Waals surface area contributed by atoms with Crippen LogP contribution in [-0.2, 0) is 25.5 Å². The summed E-state index contributed by atoms with van der Waals surface area (Å²) in [5.74, 6) is -1.41. The third-order valence-electron chi connectivity index (χ3n) is 2.45. The van der Waals surface area contributed by atoms with Gasteiger partial charge in [0.1, 0.15) is 0 Å². The number of nitrogens with zero attached hydrogens (tertiary/aromatic N) is 1. The molecule has 0 bridgehead atoms. The number of imide groups is 1. The first-order chi connectivity index (χ1) is 8.66. The number of carbonyl (C=O) groups excluding carboxylic acids is 3. The number of benzene rings is 1. The van der Waals surface area contributed by atoms with Gasteiger partial charge in [0.2, 0.25) is 0 Å². The average molecular weight is 245 g/mol. The molecule has 2 rings (SSSR count). The van der Waals surface area contributed by atoms with Crippen molar-refractivity contribution in [2.45, 2.75) is 6.42 Å². The molecule has 0 aliphatic carbocycles. The fourth-order valence-corrected chi connectivity index (χ4v) is 1.51. The molecule has 1 aliphatic heterocycles. The number of hydrogen-bond donors (Lipinski definition) is 0. The van der Waals surface area contributed by atoms with Crippen molar-refractivity contribution < 1.29 is 19.1 Å². The van der Waals surface area contributed by atoms with Gasteiger partial charge in [-0.25, -0.2) is 4.90 Å². The molecule has 2 amide bonds. The third-order valence-corrected chi connectivity index (χ3v) is 2.45. The molecule has 0 radical (unpaired) electrons. The first-order valence-corrected chi connectivity index (χ1v) is 5.40. The largest absolute Gasteiger partial charge is 0.443 e. The van der Waals surface area contributed by atoms with Crippen LogP contribution >= 0.6 is 0 Å². The van der Waals surface area contributed by atoms with Gasteiger partial charge in [0, 0.05) is 12.2 Å². The molecule has 1 heterocycles. The first kappa shape index (κ1) is 12.0. The van der Waals surface area contributed by atoms with Gasteiger partial charge in [0.25, 0.3) is 11.8 Å². The average Bonchev–Trinajstić information content (AvgIpc) is 2.68. The smallest absolute Gasteiger partial charge is 0.311 e. The molecule has 0 unspecified atom stereocenters. The maximum atomic E-state index is 11.5. The Morgan fingerprint density at radius 1 is 1.06 bits per heavy atom. The van der Waals surface area contributed by atoms with Crippen molar-refractivity contribution in [2.75, 3.05) is 6.73 Å². The Kier molecular flexibility index (Phi) is 3.52. The van der Waals surface area contributed by atoms with E-state index >= 15 is 0 Å². The summed E-state index contributed by atoms with van der Waals surface area (Å²) < 4.78 is 4.88. The minimum Gasteiger partial charge on any atom is -0.443 e. The van der Waals surface area contributed by atoms with E-state index in [9.17, 15) is 14.4 Å². The van der Waals surface area contributed by atoms with Gasteiger partial charge in [-0.1, -0.05) is 30.3 Å². The summed E-state index contributed by atoms with van der Waals surface area (Å²) in [5, 5.41) is 0. The second-order valence-electron chi connectivity index (χ2n) is 3.75. The van der Waals surface area contributed by atoms with E-state index in [1.165, 1.54) is 0 Å². The van der Waals surface area contributed by atoms with Gasteiger partial charge < -0.3 is 4.74 Å². The summed E-state index contributed by atoms with van der Waals surface area (Å²) >= 11 is 0. The predicted molar refractivity (Wildman–Crippen MR) is 62.1 cm³/mol. The SMILES string of the molecule is O=C(Cc1ccccc1)OCN1C(=O)C=CC1=O. The van der Waals surface area contributed by atoms with Crippen LogP contribution in [0.1, 0.15) is 5.56 Å². The molecule has 18 heavy (non-hydrogen) atoms. The molecule has 0 saturated heterocycles. The van der Waals surface area contributed by atoms with E-state index in [1.54, 1.807) is 12.1 Å².